The van der Waals surface area contributed by atoms with E-state index < -0.39 is 5.91 Å². The molecule has 0 unspecified atom stereocenters. The minimum atomic E-state index is -0.412. The van der Waals surface area contributed by atoms with E-state index in [0.29, 0.717) is 18.1 Å². The molecule has 0 spiro atoms. The van der Waals surface area contributed by atoms with Gasteiger partial charge in [0.15, 0.2) is 0 Å². The summed E-state index contributed by atoms with van der Waals surface area (Å²) in [5.41, 5.74) is 0.926. The van der Waals surface area contributed by atoms with E-state index in [1.807, 2.05) is 47.2 Å². The number of carbonyl (C=O) groups excluding carboxylic acids is 1. The number of amides is 1. The third kappa shape index (κ3) is 5.19. The molecule has 0 aliphatic carbocycles. The third-order valence-electron chi connectivity index (χ3n) is 3.85. The maximum absolute atomic E-state index is 12.2. The SMILES string of the molecule is N#CC(=Cc1ccc(-c2ccc(Br)cc2)o1)C(=O)NCCCn1ccnc1. The van der Waals surface area contributed by atoms with E-state index in [-0.39, 0.29) is 5.57 Å². The fraction of sp³-hybridized carbons (Fsp3) is 0.150. The largest absolute Gasteiger partial charge is 0.457 e. The summed E-state index contributed by atoms with van der Waals surface area (Å²) in [5.74, 6) is 0.717. The van der Waals surface area contributed by atoms with Crippen LogP contribution in [0.1, 0.15) is 12.2 Å². The third-order valence-corrected chi connectivity index (χ3v) is 4.37. The lowest BCUT2D eigenvalue weighted by molar-refractivity contribution is -0.117. The fourth-order valence-electron chi connectivity index (χ4n) is 2.47. The van der Waals surface area contributed by atoms with Gasteiger partial charge in [-0.3, -0.25) is 4.79 Å². The van der Waals surface area contributed by atoms with Crippen molar-refractivity contribution in [2.24, 2.45) is 0 Å². The Morgan fingerprint density at radius 3 is 2.81 bits per heavy atom. The summed E-state index contributed by atoms with van der Waals surface area (Å²) in [6, 6.07) is 13.2. The van der Waals surface area contributed by atoms with E-state index in [9.17, 15) is 10.1 Å². The van der Waals surface area contributed by atoms with E-state index in [4.69, 9.17) is 4.42 Å². The van der Waals surface area contributed by atoms with Gasteiger partial charge in [0.2, 0.25) is 0 Å². The summed E-state index contributed by atoms with van der Waals surface area (Å²) >= 11 is 3.39. The van der Waals surface area contributed by atoms with E-state index in [0.717, 1.165) is 23.0 Å². The number of carbonyl (C=O) groups is 1. The zero-order valence-corrected chi connectivity index (χ0v) is 16.0. The molecule has 0 atom stereocenters. The first kappa shape index (κ1) is 18.7. The van der Waals surface area contributed by atoms with Crippen LogP contribution in [-0.2, 0) is 11.3 Å². The highest BCUT2D eigenvalue weighted by molar-refractivity contribution is 9.10. The maximum Gasteiger partial charge on any atom is 0.262 e. The zero-order valence-electron chi connectivity index (χ0n) is 14.4. The molecule has 0 aliphatic heterocycles. The average Bonchev–Trinajstić information content (AvgIpc) is 3.36. The minimum absolute atomic E-state index is 0.00865. The standard InChI is InChI=1S/C20H17BrN4O2/c21-17-4-2-15(3-5-17)19-7-6-18(27-19)12-16(13-22)20(26)24-8-1-10-25-11-9-23-14-25/h2-7,9,11-12,14H,1,8,10H2,(H,24,26). The first-order chi connectivity index (χ1) is 13.2. The number of nitriles is 1. The first-order valence-electron chi connectivity index (χ1n) is 8.37. The second-order valence-corrected chi connectivity index (χ2v) is 6.70. The van der Waals surface area contributed by atoms with Crippen molar-refractivity contribution in [3.05, 3.63) is 70.9 Å². The molecule has 0 saturated heterocycles. The van der Waals surface area contributed by atoms with Crippen LogP contribution in [0.25, 0.3) is 17.4 Å². The molecule has 0 aliphatic rings. The molecule has 1 aromatic carbocycles. The second kappa shape index (κ2) is 9.01. The molecule has 0 radical (unpaired) electrons. The van der Waals surface area contributed by atoms with Gasteiger partial charge in [-0.25, -0.2) is 4.98 Å². The number of hydrogen-bond acceptors (Lipinski definition) is 4. The number of imidazole rings is 1. The number of rotatable bonds is 7. The van der Waals surface area contributed by atoms with Crippen molar-refractivity contribution in [2.45, 2.75) is 13.0 Å². The Balaban J connectivity index is 1.59. The number of aryl methyl sites for hydroxylation is 1. The molecule has 2 aromatic heterocycles. The average molecular weight is 425 g/mol. The molecule has 7 heteroatoms. The van der Waals surface area contributed by atoms with Crippen molar-refractivity contribution < 1.29 is 9.21 Å². The van der Waals surface area contributed by atoms with E-state index in [1.54, 1.807) is 18.6 Å². The van der Waals surface area contributed by atoms with Gasteiger partial charge in [-0.05, 0) is 30.7 Å². The maximum atomic E-state index is 12.2. The van der Waals surface area contributed by atoms with Gasteiger partial charge in [-0.15, -0.1) is 0 Å². The summed E-state index contributed by atoms with van der Waals surface area (Å²) in [5, 5.41) is 12.0. The molecule has 3 rings (SSSR count). The van der Waals surface area contributed by atoms with Crippen molar-refractivity contribution in [3.63, 3.8) is 0 Å². The lowest BCUT2D eigenvalue weighted by Crippen LogP contribution is -2.26. The Kier molecular flexibility index (Phi) is 6.23. The van der Waals surface area contributed by atoms with Crippen LogP contribution in [0.3, 0.4) is 0 Å². The normalized spacial score (nSPS) is 11.2. The molecule has 27 heavy (non-hydrogen) atoms. The Morgan fingerprint density at radius 1 is 1.30 bits per heavy atom. The summed E-state index contributed by atoms with van der Waals surface area (Å²) in [6.45, 7) is 1.22. The van der Waals surface area contributed by atoms with Crippen molar-refractivity contribution in [1.29, 1.82) is 5.26 Å². The van der Waals surface area contributed by atoms with Crippen LogP contribution < -0.4 is 5.32 Å². The van der Waals surface area contributed by atoms with E-state index in [1.165, 1.54) is 6.08 Å². The topological polar surface area (TPSA) is 83.9 Å². The number of hydrogen-bond donors (Lipinski definition) is 1. The van der Waals surface area contributed by atoms with Crippen LogP contribution in [0.4, 0.5) is 0 Å². The Bertz CT molecular complexity index is 966. The minimum Gasteiger partial charge on any atom is -0.457 e. The Morgan fingerprint density at radius 2 is 2.11 bits per heavy atom. The van der Waals surface area contributed by atoms with Gasteiger partial charge < -0.3 is 14.3 Å². The number of aromatic nitrogens is 2. The number of nitrogens with zero attached hydrogens (tertiary/aromatic N) is 3. The molecule has 6 nitrogen and oxygen atoms in total. The molecule has 136 valence electrons. The van der Waals surface area contributed by atoms with Crippen molar-refractivity contribution in [2.75, 3.05) is 6.54 Å². The monoisotopic (exact) mass is 424 g/mol. The van der Waals surface area contributed by atoms with Gasteiger partial charge in [0, 0.05) is 41.6 Å². The van der Waals surface area contributed by atoms with Crippen LogP contribution in [-0.4, -0.2) is 22.0 Å². The van der Waals surface area contributed by atoms with Crippen molar-refractivity contribution >= 4 is 27.9 Å². The number of benzene rings is 1. The molecule has 0 bridgehead atoms. The summed E-state index contributed by atoms with van der Waals surface area (Å²) in [7, 11) is 0. The summed E-state index contributed by atoms with van der Waals surface area (Å²) in [4.78, 5) is 16.1. The second-order valence-electron chi connectivity index (χ2n) is 5.79. The van der Waals surface area contributed by atoms with Crippen LogP contribution in [0, 0.1) is 11.3 Å². The highest BCUT2D eigenvalue weighted by Gasteiger charge is 2.10. The molecule has 2 heterocycles. The van der Waals surface area contributed by atoms with Crippen LogP contribution in [0.5, 0.6) is 0 Å². The molecule has 0 saturated carbocycles. The molecule has 3 aromatic rings. The van der Waals surface area contributed by atoms with Crippen molar-refractivity contribution in [3.8, 4) is 17.4 Å². The fourth-order valence-corrected chi connectivity index (χ4v) is 2.73. The van der Waals surface area contributed by atoms with E-state index in [2.05, 4.69) is 26.2 Å². The number of furan rings is 1. The predicted octanol–water partition coefficient (Wildman–Crippen LogP) is 4.02. The van der Waals surface area contributed by atoms with Crippen LogP contribution in [0.2, 0.25) is 0 Å². The molecule has 0 fully saturated rings. The summed E-state index contributed by atoms with van der Waals surface area (Å²) in [6.07, 6.45) is 7.49. The van der Waals surface area contributed by atoms with Gasteiger partial charge in [-0.2, -0.15) is 5.26 Å². The van der Waals surface area contributed by atoms with Gasteiger partial charge in [0.05, 0.1) is 6.33 Å². The molecular weight excluding hydrogens is 408 g/mol. The van der Waals surface area contributed by atoms with Gasteiger partial charge in [0.1, 0.15) is 23.2 Å². The molecular formula is C20H17BrN4O2. The number of nitrogens with one attached hydrogen (secondary N) is 1. The smallest absolute Gasteiger partial charge is 0.262 e. The highest BCUT2D eigenvalue weighted by atomic mass is 79.9. The predicted molar refractivity (Wildman–Crippen MR) is 105 cm³/mol. The van der Waals surface area contributed by atoms with Crippen LogP contribution >= 0.6 is 15.9 Å². The summed E-state index contributed by atoms with van der Waals surface area (Å²) < 4.78 is 8.64. The zero-order chi connectivity index (χ0) is 19.1. The quantitative estimate of drug-likeness (QED) is 0.352. The highest BCUT2D eigenvalue weighted by Crippen LogP contribution is 2.25. The lowest BCUT2D eigenvalue weighted by atomic mass is 10.2. The van der Waals surface area contributed by atoms with Gasteiger partial charge in [-0.1, -0.05) is 28.1 Å². The lowest BCUT2D eigenvalue weighted by Gasteiger charge is -2.04. The Labute approximate surface area is 165 Å². The van der Waals surface area contributed by atoms with Crippen LogP contribution in [0.15, 0.2) is 69.6 Å². The van der Waals surface area contributed by atoms with E-state index >= 15 is 0 Å². The number of halogens is 1. The first-order valence-corrected chi connectivity index (χ1v) is 9.16. The molecule has 1 amide bonds. The van der Waals surface area contributed by atoms with Gasteiger partial charge >= 0.3 is 0 Å². The van der Waals surface area contributed by atoms with Crippen molar-refractivity contribution in [1.82, 2.24) is 14.9 Å². The van der Waals surface area contributed by atoms with Gasteiger partial charge in [0.25, 0.3) is 5.91 Å². The Hall–Kier alpha value is -3.11. The molecule has 1 N–H and O–H groups in total.